The summed E-state index contributed by atoms with van der Waals surface area (Å²) >= 11 is 0. The summed E-state index contributed by atoms with van der Waals surface area (Å²) < 4.78 is 8.01. The van der Waals surface area contributed by atoms with Gasteiger partial charge in [-0.1, -0.05) is 12.8 Å². The summed E-state index contributed by atoms with van der Waals surface area (Å²) in [7, 11) is 0. The number of hydrogen-bond acceptors (Lipinski definition) is 4. The van der Waals surface area contributed by atoms with E-state index in [9.17, 15) is 14.9 Å². The molecule has 184 valence electrons. The topological polar surface area (TPSA) is 78.6 Å². The van der Waals surface area contributed by atoms with Crippen molar-refractivity contribution in [1.82, 2.24) is 14.4 Å². The molecule has 1 aromatic heterocycles. The summed E-state index contributed by atoms with van der Waals surface area (Å²) in [6.45, 7) is 8.51. The minimum atomic E-state index is -0.230. The first kappa shape index (κ1) is 24.5. The number of hydrogen-bond donors (Lipinski definition) is 0. The van der Waals surface area contributed by atoms with Gasteiger partial charge in [0.25, 0.3) is 5.91 Å². The van der Waals surface area contributed by atoms with Crippen molar-refractivity contribution in [2.75, 3.05) is 32.8 Å². The first-order valence-corrected chi connectivity index (χ1v) is 13.0. The van der Waals surface area contributed by atoms with Crippen LogP contribution in [0.3, 0.4) is 0 Å². The Bertz CT molecular complexity index is 951. The number of nitriles is 1. The molecule has 1 unspecified atom stereocenters. The second-order valence-electron chi connectivity index (χ2n) is 10.0. The quantitative estimate of drug-likeness (QED) is 0.488. The molecule has 1 atom stereocenters. The zero-order valence-electron chi connectivity index (χ0n) is 20.7. The van der Waals surface area contributed by atoms with Gasteiger partial charge in [0.1, 0.15) is 11.6 Å². The van der Waals surface area contributed by atoms with Crippen LogP contribution in [-0.2, 0) is 20.9 Å². The molecule has 1 aromatic rings. The molecule has 0 N–H and O–H groups in total. The van der Waals surface area contributed by atoms with E-state index in [2.05, 4.69) is 17.6 Å². The van der Waals surface area contributed by atoms with Crippen molar-refractivity contribution in [3.8, 4) is 6.07 Å². The molecule has 4 heterocycles. The molecule has 0 radical (unpaired) electrons. The van der Waals surface area contributed by atoms with Crippen molar-refractivity contribution < 1.29 is 14.3 Å². The van der Waals surface area contributed by atoms with Crippen LogP contribution in [0.25, 0.3) is 6.08 Å². The number of ether oxygens (including phenoxy) is 1. The Balaban J connectivity index is 1.38. The molecule has 3 fully saturated rings. The summed E-state index contributed by atoms with van der Waals surface area (Å²) in [4.78, 5) is 29.9. The number of piperidine rings is 1. The van der Waals surface area contributed by atoms with E-state index in [1.165, 1.54) is 12.8 Å². The normalized spacial score (nSPS) is 22.5. The summed E-state index contributed by atoms with van der Waals surface area (Å²) in [5.74, 6) is 0.0178. The van der Waals surface area contributed by atoms with Crippen molar-refractivity contribution in [2.24, 2.45) is 5.92 Å². The lowest BCUT2D eigenvalue weighted by Crippen LogP contribution is -2.45. The Kier molecular flexibility index (Phi) is 8.10. The van der Waals surface area contributed by atoms with Gasteiger partial charge < -0.3 is 19.1 Å². The first-order valence-electron chi connectivity index (χ1n) is 13.0. The lowest BCUT2D eigenvalue weighted by Gasteiger charge is -2.34. The first-order chi connectivity index (χ1) is 16.5. The van der Waals surface area contributed by atoms with Crippen LogP contribution < -0.4 is 0 Å². The predicted octanol–water partition coefficient (Wildman–Crippen LogP) is 3.83. The van der Waals surface area contributed by atoms with Crippen LogP contribution in [0.5, 0.6) is 0 Å². The van der Waals surface area contributed by atoms with Crippen LogP contribution in [0.15, 0.2) is 11.6 Å². The Morgan fingerprint density at radius 3 is 2.35 bits per heavy atom. The molecule has 0 aliphatic carbocycles. The van der Waals surface area contributed by atoms with E-state index in [0.717, 1.165) is 68.9 Å². The molecular weight excluding hydrogens is 428 g/mol. The van der Waals surface area contributed by atoms with Crippen LogP contribution in [0.4, 0.5) is 0 Å². The molecule has 2 amide bonds. The average molecular weight is 467 g/mol. The van der Waals surface area contributed by atoms with Crippen molar-refractivity contribution in [1.29, 1.82) is 5.26 Å². The number of carbonyl (C=O) groups is 2. The highest BCUT2D eigenvalue weighted by atomic mass is 16.5. The van der Waals surface area contributed by atoms with E-state index in [0.29, 0.717) is 25.9 Å². The highest BCUT2D eigenvalue weighted by Crippen LogP contribution is 2.25. The SMILES string of the molecule is Cc1cc(/C=C(\C#N)C(=O)N2CCC(C(=O)N3CCCCCC3)CC2)c(C)n1CC1CCCO1. The highest BCUT2D eigenvalue weighted by molar-refractivity contribution is 6.02. The van der Waals surface area contributed by atoms with Crippen LogP contribution in [0.2, 0.25) is 0 Å². The van der Waals surface area contributed by atoms with Gasteiger partial charge in [0, 0.05) is 56.6 Å². The Morgan fingerprint density at radius 1 is 1.03 bits per heavy atom. The molecule has 3 aliphatic rings. The van der Waals surface area contributed by atoms with Crippen molar-refractivity contribution >= 4 is 17.9 Å². The van der Waals surface area contributed by atoms with Crippen molar-refractivity contribution in [3.05, 3.63) is 28.6 Å². The zero-order valence-corrected chi connectivity index (χ0v) is 20.7. The van der Waals surface area contributed by atoms with Gasteiger partial charge in [0.15, 0.2) is 0 Å². The molecule has 0 spiro atoms. The average Bonchev–Trinajstić information content (AvgIpc) is 3.35. The van der Waals surface area contributed by atoms with Gasteiger partial charge in [-0.3, -0.25) is 9.59 Å². The molecule has 4 rings (SSSR count). The predicted molar refractivity (Wildman–Crippen MR) is 131 cm³/mol. The minimum absolute atomic E-state index is 0.00611. The third-order valence-corrected chi connectivity index (χ3v) is 7.72. The standard InChI is InChI=1S/C27H38N4O3/c1-20-16-23(21(2)31(20)19-25-8-7-15-34-25)17-24(18-28)27(33)30-13-9-22(10-14-30)26(32)29-11-5-3-4-6-12-29/h16-17,22,25H,3-15,19H2,1-2H3/b24-17+. The van der Waals surface area contributed by atoms with E-state index in [-0.39, 0.29) is 29.4 Å². The fourth-order valence-corrected chi connectivity index (χ4v) is 5.59. The van der Waals surface area contributed by atoms with Crippen LogP contribution >= 0.6 is 0 Å². The number of aryl methyl sites for hydroxylation is 1. The van der Waals surface area contributed by atoms with Gasteiger partial charge in [-0.15, -0.1) is 0 Å². The second kappa shape index (κ2) is 11.2. The van der Waals surface area contributed by atoms with E-state index >= 15 is 0 Å². The highest BCUT2D eigenvalue weighted by Gasteiger charge is 2.31. The zero-order chi connectivity index (χ0) is 24.1. The molecule has 0 saturated carbocycles. The molecule has 0 aromatic carbocycles. The lowest BCUT2D eigenvalue weighted by molar-refractivity contribution is -0.139. The summed E-state index contributed by atoms with van der Waals surface area (Å²) in [6.07, 6.45) is 10.1. The van der Waals surface area contributed by atoms with Gasteiger partial charge in [0.2, 0.25) is 5.91 Å². The Morgan fingerprint density at radius 2 is 1.74 bits per heavy atom. The molecule has 0 bridgehead atoms. The summed E-state index contributed by atoms with van der Waals surface area (Å²) in [5, 5.41) is 9.77. The molecule has 3 saturated heterocycles. The van der Waals surface area contributed by atoms with E-state index in [1.54, 1.807) is 11.0 Å². The Labute approximate surface area is 203 Å². The number of amides is 2. The van der Waals surface area contributed by atoms with E-state index in [1.807, 2.05) is 17.9 Å². The van der Waals surface area contributed by atoms with Crippen LogP contribution in [0.1, 0.15) is 68.3 Å². The van der Waals surface area contributed by atoms with Gasteiger partial charge in [-0.05, 0) is 70.1 Å². The van der Waals surface area contributed by atoms with E-state index in [4.69, 9.17) is 4.74 Å². The molecule has 3 aliphatic heterocycles. The third-order valence-electron chi connectivity index (χ3n) is 7.72. The maximum absolute atomic E-state index is 13.2. The van der Waals surface area contributed by atoms with Gasteiger partial charge in [0.05, 0.1) is 6.10 Å². The number of rotatable bonds is 5. The van der Waals surface area contributed by atoms with Crippen LogP contribution in [-0.4, -0.2) is 65.1 Å². The fraction of sp³-hybridized carbons (Fsp3) is 0.667. The van der Waals surface area contributed by atoms with Gasteiger partial charge in [-0.2, -0.15) is 5.26 Å². The second-order valence-corrected chi connectivity index (χ2v) is 10.0. The van der Waals surface area contributed by atoms with Gasteiger partial charge in [-0.25, -0.2) is 0 Å². The minimum Gasteiger partial charge on any atom is -0.376 e. The molecular formula is C27H38N4O3. The summed E-state index contributed by atoms with van der Waals surface area (Å²) in [6, 6.07) is 4.17. The number of nitrogens with zero attached hydrogens (tertiary/aromatic N) is 4. The largest absolute Gasteiger partial charge is 0.376 e. The maximum atomic E-state index is 13.2. The Hall–Kier alpha value is -2.59. The van der Waals surface area contributed by atoms with Crippen molar-refractivity contribution in [2.45, 2.75) is 77.9 Å². The lowest BCUT2D eigenvalue weighted by atomic mass is 9.94. The fourth-order valence-electron chi connectivity index (χ4n) is 5.59. The molecule has 7 nitrogen and oxygen atoms in total. The third kappa shape index (κ3) is 5.55. The monoisotopic (exact) mass is 466 g/mol. The van der Waals surface area contributed by atoms with Crippen LogP contribution in [0, 0.1) is 31.1 Å². The molecule has 7 heteroatoms. The van der Waals surface area contributed by atoms with E-state index < -0.39 is 0 Å². The smallest absolute Gasteiger partial charge is 0.264 e. The number of likely N-dealkylation sites (tertiary alicyclic amines) is 2. The maximum Gasteiger partial charge on any atom is 0.264 e. The summed E-state index contributed by atoms with van der Waals surface area (Å²) in [5.41, 5.74) is 3.23. The molecule has 34 heavy (non-hydrogen) atoms. The van der Waals surface area contributed by atoms with Gasteiger partial charge >= 0.3 is 0 Å². The van der Waals surface area contributed by atoms with Crippen molar-refractivity contribution in [3.63, 3.8) is 0 Å². The number of carbonyl (C=O) groups excluding carboxylic acids is 2. The number of aromatic nitrogens is 1.